The largest absolute Gasteiger partial charge is 0.477 e. The van der Waals surface area contributed by atoms with Crippen molar-refractivity contribution in [2.75, 3.05) is 11.9 Å². The van der Waals surface area contributed by atoms with E-state index in [0.29, 0.717) is 18.3 Å². The number of nitrogens with zero attached hydrogens (tertiary/aromatic N) is 1. The number of carbonyl (C=O) groups is 1. The Balaban J connectivity index is 1.89. The second kappa shape index (κ2) is 5.09. The Kier molecular flexibility index (Phi) is 3.28. The number of rotatable bonds is 4. The van der Waals surface area contributed by atoms with Gasteiger partial charge < -0.3 is 15.5 Å². The summed E-state index contributed by atoms with van der Waals surface area (Å²) in [7, 11) is 0. The van der Waals surface area contributed by atoms with Crippen LogP contribution in [0.25, 0.3) is 10.8 Å². The fourth-order valence-electron chi connectivity index (χ4n) is 2.55. The summed E-state index contributed by atoms with van der Waals surface area (Å²) in [6, 6.07) is 9.16. The molecule has 20 heavy (non-hydrogen) atoms. The zero-order chi connectivity index (χ0) is 14.1. The number of hydrogen-bond acceptors (Lipinski definition) is 4. The van der Waals surface area contributed by atoms with Crippen LogP contribution in [0.4, 0.5) is 5.82 Å². The second-order valence-corrected chi connectivity index (χ2v) is 5.25. The molecule has 0 unspecified atom stereocenters. The molecule has 0 radical (unpaired) electrons. The van der Waals surface area contributed by atoms with Gasteiger partial charge in [0.25, 0.3) is 0 Å². The first-order chi connectivity index (χ1) is 9.63. The third-order valence-electron chi connectivity index (χ3n) is 3.73. The summed E-state index contributed by atoms with van der Waals surface area (Å²) < 4.78 is 0. The van der Waals surface area contributed by atoms with Gasteiger partial charge in [0.05, 0.1) is 6.10 Å². The van der Waals surface area contributed by atoms with Crippen molar-refractivity contribution in [3.8, 4) is 0 Å². The summed E-state index contributed by atoms with van der Waals surface area (Å²) in [6.45, 7) is 0.705. The van der Waals surface area contributed by atoms with Crippen LogP contribution in [0.5, 0.6) is 0 Å². The second-order valence-electron chi connectivity index (χ2n) is 5.25. The van der Waals surface area contributed by atoms with Crippen LogP contribution in [-0.2, 0) is 0 Å². The van der Waals surface area contributed by atoms with E-state index in [2.05, 4.69) is 10.3 Å². The third kappa shape index (κ3) is 2.44. The summed E-state index contributed by atoms with van der Waals surface area (Å²) in [5.74, 6) is -0.00111. The molecular formula is C15H16N2O3. The highest BCUT2D eigenvalue weighted by molar-refractivity contribution is 5.97. The predicted molar refractivity (Wildman–Crippen MR) is 75.9 cm³/mol. The average molecular weight is 272 g/mol. The zero-order valence-electron chi connectivity index (χ0n) is 10.9. The quantitative estimate of drug-likeness (QED) is 0.794. The number of hydrogen-bond donors (Lipinski definition) is 3. The lowest BCUT2D eigenvalue weighted by atomic mass is 9.82. The van der Waals surface area contributed by atoms with Crippen LogP contribution in [0.1, 0.15) is 23.3 Å². The molecule has 1 heterocycles. The smallest absolute Gasteiger partial charge is 0.354 e. The molecule has 2 aromatic rings. The fourth-order valence-corrected chi connectivity index (χ4v) is 2.55. The van der Waals surface area contributed by atoms with E-state index in [4.69, 9.17) is 5.11 Å². The van der Waals surface area contributed by atoms with Crippen LogP contribution in [0.2, 0.25) is 0 Å². The fraction of sp³-hybridized carbons (Fsp3) is 0.333. The SMILES string of the molecule is O=C(O)c1cc2ccccc2c(NCC2CC(O)C2)n1. The highest BCUT2D eigenvalue weighted by atomic mass is 16.4. The van der Waals surface area contributed by atoms with Crippen LogP contribution in [-0.4, -0.2) is 33.8 Å². The van der Waals surface area contributed by atoms with Crippen molar-refractivity contribution < 1.29 is 15.0 Å². The van der Waals surface area contributed by atoms with Crippen molar-refractivity contribution in [3.05, 3.63) is 36.0 Å². The first-order valence-corrected chi connectivity index (χ1v) is 6.68. The Morgan fingerprint density at radius 2 is 2.10 bits per heavy atom. The molecule has 5 heteroatoms. The van der Waals surface area contributed by atoms with E-state index in [1.54, 1.807) is 6.07 Å². The Morgan fingerprint density at radius 1 is 1.35 bits per heavy atom. The minimum absolute atomic E-state index is 0.0415. The number of nitrogens with one attached hydrogen (secondary N) is 1. The van der Waals surface area contributed by atoms with E-state index in [1.165, 1.54) is 0 Å². The van der Waals surface area contributed by atoms with Gasteiger partial charge in [0.2, 0.25) is 0 Å². The summed E-state index contributed by atoms with van der Waals surface area (Å²) in [5.41, 5.74) is 0.0415. The van der Waals surface area contributed by atoms with Gasteiger partial charge in [-0.25, -0.2) is 9.78 Å². The lowest BCUT2D eigenvalue weighted by Crippen LogP contribution is -2.33. The zero-order valence-corrected chi connectivity index (χ0v) is 10.9. The van der Waals surface area contributed by atoms with E-state index in [0.717, 1.165) is 23.6 Å². The van der Waals surface area contributed by atoms with Crippen LogP contribution in [0.3, 0.4) is 0 Å². The molecule has 1 aromatic carbocycles. The average Bonchev–Trinajstić information content (AvgIpc) is 2.41. The summed E-state index contributed by atoms with van der Waals surface area (Å²) in [4.78, 5) is 15.3. The minimum Gasteiger partial charge on any atom is -0.477 e. The minimum atomic E-state index is -1.03. The molecular weight excluding hydrogens is 256 g/mol. The standard InChI is InChI=1S/C15H16N2O3/c18-11-5-9(6-11)8-16-14-12-4-2-1-3-10(12)7-13(17-14)15(19)20/h1-4,7,9,11,18H,5-6,8H2,(H,16,17)(H,19,20). The number of benzene rings is 1. The molecule has 3 rings (SSSR count). The number of aliphatic hydroxyl groups is 1. The maximum atomic E-state index is 11.1. The van der Waals surface area contributed by atoms with E-state index < -0.39 is 5.97 Å². The molecule has 0 amide bonds. The highest BCUT2D eigenvalue weighted by Crippen LogP contribution is 2.28. The molecule has 1 saturated carbocycles. The van der Waals surface area contributed by atoms with Gasteiger partial charge in [0, 0.05) is 11.9 Å². The van der Waals surface area contributed by atoms with E-state index in [-0.39, 0.29) is 11.8 Å². The van der Waals surface area contributed by atoms with E-state index >= 15 is 0 Å². The predicted octanol–water partition coefficient (Wildman–Crippen LogP) is 2.12. The van der Waals surface area contributed by atoms with Crippen LogP contribution in [0, 0.1) is 5.92 Å². The molecule has 104 valence electrons. The number of aromatic carboxylic acids is 1. The molecule has 1 fully saturated rings. The van der Waals surface area contributed by atoms with Crippen molar-refractivity contribution in [3.63, 3.8) is 0 Å². The summed E-state index contributed by atoms with van der Waals surface area (Å²) in [5, 5.41) is 23.4. The Labute approximate surface area is 116 Å². The lowest BCUT2D eigenvalue weighted by molar-refractivity contribution is 0.0486. The number of anilines is 1. The van der Waals surface area contributed by atoms with Crippen molar-refractivity contribution in [1.29, 1.82) is 0 Å². The van der Waals surface area contributed by atoms with Crippen molar-refractivity contribution >= 4 is 22.6 Å². The van der Waals surface area contributed by atoms with E-state index in [1.807, 2.05) is 24.3 Å². The van der Waals surface area contributed by atoms with Crippen molar-refractivity contribution in [2.45, 2.75) is 18.9 Å². The van der Waals surface area contributed by atoms with E-state index in [9.17, 15) is 9.90 Å². The van der Waals surface area contributed by atoms with Gasteiger partial charge in [-0.05, 0) is 30.2 Å². The number of aromatic nitrogens is 1. The maximum absolute atomic E-state index is 11.1. The molecule has 1 aliphatic carbocycles. The Bertz CT molecular complexity index is 651. The molecule has 1 aromatic heterocycles. The first-order valence-electron chi connectivity index (χ1n) is 6.68. The van der Waals surface area contributed by atoms with Gasteiger partial charge in [-0.3, -0.25) is 0 Å². The van der Waals surface area contributed by atoms with Gasteiger partial charge in [0.1, 0.15) is 5.82 Å². The maximum Gasteiger partial charge on any atom is 0.354 e. The molecule has 0 aliphatic heterocycles. The summed E-state index contributed by atoms with van der Waals surface area (Å²) >= 11 is 0. The van der Waals surface area contributed by atoms with Crippen LogP contribution in [0.15, 0.2) is 30.3 Å². The number of aliphatic hydroxyl groups excluding tert-OH is 1. The van der Waals surface area contributed by atoms with Gasteiger partial charge in [0.15, 0.2) is 5.69 Å². The van der Waals surface area contributed by atoms with Crippen molar-refractivity contribution in [1.82, 2.24) is 4.98 Å². The molecule has 5 nitrogen and oxygen atoms in total. The van der Waals surface area contributed by atoms with Crippen LogP contribution < -0.4 is 5.32 Å². The van der Waals surface area contributed by atoms with Gasteiger partial charge in [-0.1, -0.05) is 24.3 Å². The normalized spacial score (nSPS) is 21.4. The monoisotopic (exact) mass is 272 g/mol. The molecule has 0 saturated heterocycles. The molecule has 3 N–H and O–H groups in total. The van der Waals surface area contributed by atoms with Gasteiger partial charge in [-0.2, -0.15) is 0 Å². The van der Waals surface area contributed by atoms with Gasteiger partial charge >= 0.3 is 5.97 Å². The van der Waals surface area contributed by atoms with Crippen LogP contribution >= 0.6 is 0 Å². The highest BCUT2D eigenvalue weighted by Gasteiger charge is 2.26. The van der Waals surface area contributed by atoms with Crippen molar-refractivity contribution in [2.24, 2.45) is 5.92 Å². The first kappa shape index (κ1) is 12.9. The number of carboxylic acid groups (broad SMARTS) is 1. The Morgan fingerprint density at radius 3 is 2.80 bits per heavy atom. The molecule has 0 atom stereocenters. The summed E-state index contributed by atoms with van der Waals surface area (Å²) in [6.07, 6.45) is 1.41. The van der Waals surface area contributed by atoms with Gasteiger partial charge in [-0.15, -0.1) is 0 Å². The molecule has 0 spiro atoms. The third-order valence-corrected chi connectivity index (χ3v) is 3.73. The Hall–Kier alpha value is -2.14. The number of carboxylic acids is 1. The topological polar surface area (TPSA) is 82.5 Å². The number of fused-ring (bicyclic) bond motifs is 1. The lowest BCUT2D eigenvalue weighted by Gasteiger charge is -2.31. The molecule has 0 bridgehead atoms. The number of pyridine rings is 1. The molecule has 1 aliphatic rings.